The van der Waals surface area contributed by atoms with Crippen LogP contribution in [-0.2, 0) is 13.1 Å². The highest BCUT2D eigenvalue weighted by Gasteiger charge is 2.29. The Morgan fingerprint density at radius 2 is 1.91 bits per heavy atom. The maximum absolute atomic E-state index is 12.5. The van der Waals surface area contributed by atoms with Crippen LogP contribution in [0.1, 0.15) is 21.5 Å². The molecule has 1 saturated heterocycles. The molecule has 5 rings (SSSR count). The summed E-state index contributed by atoms with van der Waals surface area (Å²) in [5.74, 6) is 0.454. The highest BCUT2D eigenvalue weighted by molar-refractivity contribution is 6.34. The quantitative estimate of drug-likeness (QED) is 0.533. The largest absolute Gasteiger partial charge is 0.495 e. The van der Waals surface area contributed by atoms with Crippen molar-refractivity contribution in [1.82, 2.24) is 20.1 Å². The molecule has 0 aliphatic carbocycles. The summed E-state index contributed by atoms with van der Waals surface area (Å²) in [5, 5.41) is 13.6. The minimum absolute atomic E-state index is 0.112. The fourth-order valence-electron chi connectivity index (χ4n) is 4.73. The molecule has 8 heteroatoms. The van der Waals surface area contributed by atoms with Crippen LogP contribution in [0.15, 0.2) is 30.3 Å². The van der Waals surface area contributed by atoms with Crippen molar-refractivity contribution in [2.45, 2.75) is 13.1 Å². The molecule has 0 saturated carbocycles. The van der Waals surface area contributed by atoms with Gasteiger partial charge in [0, 0.05) is 73.5 Å². The Morgan fingerprint density at radius 1 is 1.12 bits per heavy atom. The molecule has 1 amide bonds. The fourth-order valence-corrected chi connectivity index (χ4v) is 5.02. The molecule has 2 aliphatic heterocycles. The van der Waals surface area contributed by atoms with E-state index >= 15 is 0 Å². The number of aromatic amines is 1. The molecule has 3 heterocycles. The number of rotatable bonds is 6. The molecule has 32 heavy (non-hydrogen) atoms. The van der Waals surface area contributed by atoms with Crippen molar-refractivity contribution in [3.05, 3.63) is 52.0 Å². The minimum Gasteiger partial charge on any atom is -0.495 e. The van der Waals surface area contributed by atoms with Gasteiger partial charge in [0.15, 0.2) is 0 Å². The zero-order valence-electron chi connectivity index (χ0n) is 18.1. The third-order valence-electron chi connectivity index (χ3n) is 6.46. The molecule has 0 bridgehead atoms. The van der Waals surface area contributed by atoms with Crippen LogP contribution in [0.25, 0.3) is 22.2 Å². The summed E-state index contributed by atoms with van der Waals surface area (Å²) in [6, 6.07) is 10.4. The number of benzene rings is 2. The van der Waals surface area contributed by atoms with Gasteiger partial charge in [-0.15, -0.1) is 0 Å². The molecule has 1 fully saturated rings. The minimum atomic E-state index is -0.112. The van der Waals surface area contributed by atoms with E-state index in [2.05, 4.69) is 44.4 Å². The average Bonchev–Trinajstić information content (AvgIpc) is 3.40. The van der Waals surface area contributed by atoms with E-state index in [-0.39, 0.29) is 12.5 Å². The molecular weight excluding hydrogens is 428 g/mol. The van der Waals surface area contributed by atoms with E-state index in [1.54, 1.807) is 7.11 Å². The van der Waals surface area contributed by atoms with Crippen molar-refractivity contribution >= 4 is 28.4 Å². The lowest BCUT2D eigenvalue weighted by Crippen LogP contribution is -2.46. The van der Waals surface area contributed by atoms with Gasteiger partial charge in [-0.1, -0.05) is 17.7 Å². The number of nitrogens with zero attached hydrogens (tertiary/aromatic N) is 2. The number of nitrogens with one attached hydrogen (secondary N) is 2. The molecule has 2 aromatic carbocycles. The van der Waals surface area contributed by atoms with Crippen LogP contribution in [0.2, 0.25) is 5.02 Å². The summed E-state index contributed by atoms with van der Waals surface area (Å²) in [6.45, 7) is 6.26. The van der Waals surface area contributed by atoms with Crippen molar-refractivity contribution in [2.24, 2.45) is 0 Å². The number of carbonyl (C=O) groups excluding carboxylic acids is 1. The Balaban J connectivity index is 1.42. The van der Waals surface area contributed by atoms with Crippen LogP contribution < -0.4 is 10.1 Å². The van der Waals surface area contributed by atoms with Crippen molar-refractivity contribution in [3.63, 3.8) is 0 Å². The molecule has 7 nitrogen and oxygen atoms in total. The van der Waals surface area contributed by atoms with Gasteiger partial charge in [-0.25, -0.2) is 0 Å². The van der Waals surface area contributed by atoms with Crippen LogP contribution in [0.4, 0.5) is 0 Å². The van der Waals surface area contributed by atoms with Gasteiger partial charge >= 0.3 is 0 Å². The second-order valence-electron chi connectivity index (χ2n) is 8.42. The molecular formula is C24H27ClN4O3. The number of aliphatic hydroxyl groups excluding tert-OH is 1. The SMILES string of the molecule is COc1cc(-c2cc3cc(CN4CCN(CCO)CC4)ccc3[nH]2)c2c(c1Cl)CNC2=O. The first-order chi connectivity index (χ1) is 15.6. The number of methoxy groups -OCH3 is 1. The summed E-state index contributed by atoms with van der Waals surface area (Å²) in [5.41, 5.74) is 5.36. The van der Waals surface area contributed by atoms with E-state index in [1.807, 2.05) is 6.07 Å². The normalized spacial score (nSPS) is 17.0. The van der Waals surface area contributed by atoms with Crippen molar-refractivity contribution in [3.8, 4) is 17.0 Å². The smallest absolute Gasteiger partial charge is 0.252 e. The van der Waals surface area contributed by atoms with Crippen LogP contribution in [0, 0.1) is 0 Å². The molecule has 0 atom stereocenters. The maximum Gasteiger partial charge on any atom is 0.252 e. The number of amides is 1. The van der Waals surface area contributed by atoms with E-state index in [4.69, 9.17) is 21.4 Å². The van der Waals surface area contributed by atoms with Crippen LogP contribution in [-0.4, -0.2) is 72.2 Å². The number of H-pyrrole nitrogens is 1. The molecule has 1 aromatic heterocycles. The number of β-amino-alcohol motifs (C(OH)–C–C–N with tert-alkyl or cyclic N) is 1. The second kappa shape index (κ2) is 8.75. The lowest BCUT2D eigenvalue weighted by Gasteiger charge is -2.34. The Kier molecular flexibility index (Phi) is 5.82. The van der Waals surface area contributed by atoms with E-state index in [0.717, 1.165) is 67.0 Å². The van der Waals surface area contributed by atoms with E-state index in [1.165, 1.54) is 5.56 Å². The van der Waals surface area contributed by atoms with Gasteiger partial charge in [0.1, 0.15) is 5.75 Å². The van der Waals surface area contributed by atoms with Gasteiger partial charge in [0.2, 0.25) is 0 Å². The van der Waals surface area contributed by atoms with Crippen LogP contribution in [0.5, 0.6) is 5.75 Å². The fraction of sp³-hybridized carbons (Fsp3) is 0.375. The van der Waals surface area contributed by atoms with Gasteiger partial charge in [-0.2, -0.15) is 0 Å². The number of aromatic nitrogens is 1. The third kappa shape index (κ3) is 3.86. The Morgan fingerprint density at radius 3 is 2.66 bits per heavy atom. The van der Waals surface area contributed by atoms with E-state index < -0.39 is 0 Å². The van der Waals surface area contributed by atoms with Gasteiger partial charge in [0.25, 0.3) is 5.91 Å². The van der Waals surface area contributed by atoms with Gasteiger partial charge in [0.05, 0.1) is 24.3 Å². The molecule has 3 aromatic rings. The standard InChI is InChI=1S/C24H27ClN4O3/c1-32-21-12-17(22-18(23(21)25)13-26-24(22)31)20-11-16-10-15(2-3-19(16)27-20)14-29-6-4-28(5-7-29)8-9-30/h2-3,10-12,27,30H,4-9,13-14H2,1H3,(H,26,31). The first-order valence-electron chi connectivity index (χ1n) is 10.9. The lowest BCUT2D eigenvalue weighted by molar-refractivity contribution is 0.0966. The lowest BCUT2D eigenvalue weighted by atomic mass is 9.99. The molecule has 3 N–H and O–H groups in total. The van der Waals surface area contributed by atoms with E-state index in [0.29, 0.717) is 22.9 Å². The van der Waals surface area contributed by atoms with Crippen LogP contribution >= 0.6 is 11.6 Å². The molecule has 168 valence electrons. The zero-order valence-corrected chi connectivity index (χ0v) is 18.8. The number of hydrogen-bond acceptors (Lipinski definition) is 5. The predicted octanol–water partition coefficient (Wildman–Crippen LogP) is 2.85. The van der Waals surface area contributed by atoms with Gasteiger partial charge < -0.3 is 20.1 Å². The topological polar surface area (TPSA) is 80.8 Å². The van der Waals surface area contributed by atoms with E-state index in [9.17, 15) is 4.79 Å². The molecule has 0 radical (unpaired) electrons. The van der Waals surface area contributed by atoms with Crippen molar-refractivity contribution in [2.75, 3.05) is 46.4 Å². The summed E-state index contributed by atoms with van der Waals surface area (Å²) in [7, 11) is 1.59. The molecule has 2 aliphatic rings. The Labute approximate surface area is 191 Å². The predicted molar refractivity (Wildman–Crippen MR) is 125 cm³/mol. The average molecular weight is 455 g/mol. The van der Waals surface area contributed by atoms with Crippen molar-refractivity contribution < 1.29 is 14.6 Å². The summed E-state index contributed by atoms with van der Waals surface area (Å²) >= 11 is 6.45. The van der Waals surface area contributed by atoms with Crippen LogP contribution in [0.3, 0.4) is 0 Å². The summed E-state index contributed by atoms with van der Waals surface area (Å²) in [4.78, 5) is 20.7. The zero-order chi connectivity index (χ0) is 22.2. The first kappa shape index (κ1) is 21.3. The number of fused-ring (bicyclic) bond motifs is 2. The summed E-state index contributed by atoms with van der Waals surface area (Å²) < 4.78 is 5.46. The van der Waals surface area contributed by atoms with Gasteiger partial charge in [-0.3, -0.25) is 14.6 Å². The highest BCUT2D eigenvalue weighted by atomic mass is 35.5. The number of hydrogen-bond donors (Lipinski definition) is 3. The number of piperazine rings is 1. The highest BCUT2D eigenvalue weighted by Crippen LogP contribution is 2.40. The maximum atomic E-state index is 12.5. The third-order valence-corrected chi connectivity index (χ3v) is 6.88. The molecule has 0 spiro atoms. The number of aliphatic hydroxyl groups is 1. The Hall–Kier alpha value is -2.58. The van der Waals surface area contributed by atoms with Gasteiger partial charge in [-0.05, 0) is 29.8 Å². The van der Waals surface area contributed by atoms with Crippen molar-refractivity contribution in [1.29, 1.82) is 0 Å². The molecule has 0 unspecified atom stereocenters. The number of ether oxygens (including phenoxy) is 1. The Bertz CT molecular complexity index is 1170. The summed E-state index contributed by atoms with van der Waals surface area (Å²) in [6.07, 6.45) is 0. The first-order valence-corrected chi connectivity index (χ1v) is 11.3. The second-order valence-corrected chi connectivity index (χ2v) is 8.80. The number of carbonyl (C=O) groups is 1. The monoisotopic (exact) mass is 454 g/mol. The number of halogens is 1.